The monoisotopic (exact) mass is 438 g/mol. The second kappa shape index (κ2) is 11.5. The van der Waals surface area contributed by atoms with E-state index in [1.54, 1.807) is 0 Å². The molecule has 1 aliphatic heterocycles. The van der Waals surface area contributed by atoms with Crippen LogP contribution in [-0.2, 0) is 0 Å². The molecular formula is C25H34N4O3. The quantitative estimate of drug-likeness (QED) is 0.660. The Labute approximate surface area is 190 Å². The van der Waals surface area contributed by atoms with E-state index in [1.165, 1.54) is 0 Å². The lowest BCUT2D eigenvalue weighted by Crippen LogP contribution is -2.44. The Balaban J connectivity index is 1.52. The van der Waals surface area contributed by atoms with Gasteiger partial charge in [-0.2, -0.15) is 0 Å². The number of carbonyl (C=O) groups excluding carboxylic acids is 2. The molecule has 2 N–H and O–H groups in total. The third kappa shape index (κ3) is 6.99. The highest BCUT2D eigenvalue weighted by atomic mass is 16.5. The highest BCUT2D eigenvalue weighted by molar-refractivity contribution is 5.97. The van der Waals surface area contributed by atoms with Crippen LogP contribution in [0.15, 0.2) is 48.5 Å². The van der Waals surface area contributed by atoms with Crippen molar-refractivity contribution in [2.75, 3.05) is 52.2 Å². The molecule has 0 aliphatic carbocycles. The minimum absolute atomic E-state index is 0.0146. The Bertz CT molecular complexity index is 898. The predicted octanol–water partition coefficient (Wildman–Crippen LogP) is 3.61. The fraction of sp³-hybridized carbons (Fsp3) is 0.440. The number of carbonyl (C=O) groups is 2. The number of nitrogens with one attached hydrogen (secondary N) is 2. The molecule has 0 bridgehead atoms. The van der Waals surface area contributed by atoms with Crippen LogP contribution in [0, 0.1) is 12.8 Å². The molecular weight excluding hydrogens is 404 g/mol. The van der Waals surface area contributed by atoms with E-state index in [0.717, 1.165) is 37.2 Å². The third-order valence-electron chi connectivity index (χ3n) is 5.58. The van der Waals surface area contributed by atoms with E-state index in [0.29, 0.717) is 31.0 Å². The topological polar surface area (TPSA) is 73.9 Å². The number of piperidine rings is 1. The number of hydrogen-bond donors (Lipinski definition) is 2. The van der Waals surface area contributed by atoms with Crippen LogP contribution in [0.4, 0.5) is 10.5 Å². The fourth-order valence-corrected chi connectivity index (χ4v) is 3.74. The second-order valence-electron chi connectivity index (χ2n) is 8.61. The zero-order chi connectivity index (χ0) is 22.9. The maximum Gasteiger partial charge on any atom is 0.319 e. The predicted molar refractivity (Wildman–Crippen MR) is 127 cm³/mol. The smallest absolute Gasteiger partial charge is 0.319 e. The lowest BCUT2D eigenvalue weighted by molar-refractivity contribution is 0.0670. The Kier molecular flexibility index (Phi) is 8.50. The first-order valence-corrected chi connectivity index (χ1v) is 11.2. The summed E-state index contributed by atoms with van der Waals surface area (Å²) in [6.45, 7) is 5.19. The molecule has 0 saturated carbocycles. The van der Waals surface area contributed by atoms with Gasteiger partial charge in [0.15, 0.2) is 0 Å². The molecule has 1 atom stereocenters. The normalized spacial score (nSPS) is 16.0. The summed E-state index contributed by atoms with van der Waals surface area (Å²) in [7, 11) is 3.98. The molecule has 1 aliphatic rings. The molecule has 2 aromatic carbocycles. The number of likely N-dealkylation sites (N-methyl/N-ethyl adjacent to an activating group) is 1. The van der Waals surface area contributed by atoms with Gasteiger partial charge in [0.05, 0.1) is 5.56 Å². The lowest BCUT2D eigenvalue weighted by Gasteiger charge is -2.33. The standard InChI is InChI=1S/C25H34N4O3/c1-19-10-12-21(13-11-19)27-25(31)26-17-20-7-6-14-29(18-20)24(30)22-8-4-5-9-23(22)32-16-15-28(2)3/h4-5,8-13,20H,6-7,14-18H2,1-3H3,(H2,26,27,31). The molecule has 1 saturated heterocycles. The zero-order valence-corrected chi connectivity index (χ0v) is 19.3. The van der Waals surface area contributed by atoms with Crippen LogP contribution in [0.1, 0.15) is 28.8 Å². The highest BCUT2D eigenvalue weighted by Crippen LogP contribution is 2.23. The van der Waals surface area contributed by atoms with Crippen molar-refractivity contribution in [2.24, 2.45) is 5.92 Å². The minimum atomic E-state index is -0.225. The summed E-state index contributed by atoms with van der Waals surface area (Å²) < 4.78 is 5.88. The number of anilines is 1. The van der Waals surface area contributed by atoms with Crippen molar-refractivity contribution in [2.45, 2.75) is 19.8 Å². The Morgan fingerprint density at radius 1 is 1.12 bits per heavy atom. The van der Waals surface area contributed by atoms with Crippen LogP contribution < -0.4 is 15.4 Å². The largest absolute Gasteiger partial charge is 0.491 e. The Morgan fingerprint density at radius 3 is 2.62 bits per heavy atom. The number of rotatable bonds is 8. The van der Waals surface area contributed by atoms with E-state index < -0.39 is 0 Å². The summed E-state index contributed by atoms with van der Waals surface area (Å²) in [4.78, 5) is 29.4. The van der Waals surface area contributed by atoms with Crippen molar-refractivity contribution in [1.29, 1.82) is 0 Å². The summed E-state index contributed by atoms with van der Waals surface area (Å²) in [5.74, 6) is 0.828. The first-order chi connectivity index (χ1) is 15.4. The van der Waals surface area contributed by atoms with E-state index in [1.807, 2.05) is 79.3 Å². The van der Waals surface area contributed by atoms with Crippen LogP contribution in [0.25, 0.3) is 0 Å². The van der Waals surface area contributed by atoms with E-state index in [-0.39, 0.29) is 17.9 Å². The Hall–Kier alpha value is -3.06. The van der Waals surface area contributed by atoms with Gasteiger partial charge in [0.25, 0.3) is 5.91 Å². The van der Waals surface area contributed by atoms with Crippen molar-refractivity contribution in [3.05, 3.63) is 59.7 Å². The third-order valence-corrected chi connectivity index (χ3v) is 5.58. The molecule has 1 fully saturated rings. The highest BCUT2D eigenvalue weighted by Gasteiger charge is 2.26. The van der Waals surface area contributed by atoms with Gasteiger partial charge in [0.1, 0.15) is 12.4 Å². The molecule has 1 unspecified atom stereocenters. The Morgan fingerprint density at radius 2 is 1.88 bits per heavy atom. The van der Waals surface area contributed by atoms with Crippen molar-refractivity contribution >= 4 is 17.6 Å². The van der Waals surface area contributed by atoms with Crippen molar-refractivity contribution in [3.63, 3.8) is 0 Å². The molecule has 1 heterocycles. The zero-order valence-electron chi connectivity index (χ0n) is 19.3. The number of aryl methyl sites for hydroxylation is 1. The molecule has 32 heavy (non-hydrogen) atoms. The van der Waals surface area contributed by atoms with Gasteiger partial charge in [-0.15, -0.1) is 0 Å². The molecule has 2 aromatic rings. The van der Waals surface area contributed by atoms with E-state index in [4.69, 9.17) is 4.74 Å². The lowest BCUT2D eigenvalue weighted by atomic mass is 9.97. The molecule has 7 nitrogen and oxygen atoms in total. The van der Waals surface area contributed by atoms with Crippen LogP contribution in [0.5, 0.6) is 5.75 Å². The summed E-state index contributed by atoms with van der Waals surface area (Å²) in [6, 6.07) is 14.9. The van der Waals surface area contributed by atoms with E-state index in [2.05, 4.69) is 10.6 Å². The van der Waals surface area contributed by atoms with Crippen LogP contribution >= 0.6 is 0 Å². The number of amides is 3. The fourth-order valence-electron chi connectivity index (χ4n) is 3.74. The number of para-hydroxylation sites is 1. The summed E-state index contributed by atoms with van der Waals surface area (Å²) in [6.07, 6.45) is 1.90. The summed E-state index contributed by atoms with van der Waals surface area (Å²) in [5, 5.41) is 5.80. The number of likely N-dealkylation sites (tertiary alicyclic amines) is 1. The number of ether oxygens (including phenoxy) is 1. The van der Waals surface area contributed by atoms with Gasteiger partial charge in [-0.05, 0) is 64.0 Å². The summed E-state index contributed by atoms with van der Waals surface area (Å²) in [5.41, 5.74) is 2.50. The second-order valence-corrected chi connectivity index (χ2v) is 8.61. The maximum absolute atomic E-state index is 13.2. The molecule has 3 rings (SSSR count). The molecule has 0 aromatic heterocycles. The molecule has 172 valence electrons. The van der Waals surface area contributed by atoms with Crippen LogP contribution in [-0.4, -0.2) is 68.6 Å². The molecule has 0 radical (unpaired) electrons. The van der Waals surface area contributed by atoms with Gasteiger partial charge < -0.3 is 25.2 Å². The van der Waals surface area contributed by atoms with E-state index in [9.17, 15) is 9.59 Å². The number of urea groups is 1. The van der Waals surface area contributed by atoms with Crippen LogP contribution in [0.3, 0.4) is 0 Å². The van der Waals surface area contributed by atoms with Gasteiger partial charge in [-0.1, -0.05) is 29.8 Å². The maximum atomic E-state index is 13.2. The van der Waals surface area contributed by atoms with Crippen molar-refractivity contribution in [3.8, 4) is 5.75 Å². The molecule has 7 heteroatoms. The van der Waals surface area contributed by atoms with Gasteiger partial charge in [0.2, 0.25) is 0 Å². The first-order valence-electron chi connectivity index (χ1n) is 11.2. The van der Waals surface area contributed by atoms with Crippen LogP contribution in [0.2, 0.25) is 0 Å². The number of benzene rings is 2. The van der Waals surface area contributed by atoms with Gasteiger partial charge in [-0.3, -0.25) is 4.79 Å². The van der Waals surface area contributed by atoms with Gasteiger partial charge in [-0.25, -0.2) is 4.79 Å². The van der Waals surface area contributed by atoms with Crippen molar-refractivity contribution in [1.82, 2.24) is 15.1 Å². The number of nitrogens with zero attached hydrogens (tertiary/aromatic N) is 2. The number of hydrogen-bond acceptors (Lipinski definition) is 4. The average molecular weight is 439 g/mol. The first kappa shape index (κ1) is 23.6. The summed E-state index contributed by atoms with van der Waals surface area (Å²) >= 11 is 0. The van der Waals surface area contributed by atoms with Gasteiger partial charge in [0, 0.05) is 31.9 Å². The van der Waals surface area contributed by atoms with Crippen molar-refractivity contribution < 1.29 is 14.3 Å². The minimum Gasteiger partial charge on any atom is -0.491 e. The van der Waals surface area contributed by atoms with Gasteiger partial charge >= 0.3 is 6.03 Å². The SMILES string of the molecule is Cc1ccc(NC(=O)NCC2CCCN(C(=O)c3ccccc3OCCN(C)C)C2)cc1. The average Bonchev–Trinajstić information content (AvgIpc) is 2.79. The van der Waals surface area contributed by atoms with E-state index >= 15 is 0 Å². The molecule has 3 amide bonds. The molecule has 0 spiro atoms.